The van der Waals surface area contributed by atoms with Crippen LogP contribution in [-0.4, -0.2) is 61.8 Å². The second-order valence-electron chi connectivity index (χ2n) is 5.25. The Morgan fingerprint density at radius 1 is 1.24 bits per heavy atom. The van der Waals surface area contributed by atoms with Crippen molar-refractivity contribution >= 4 is 31.8 Å². The lowest BCUT2D eigenvalue weighted by Crippen LogP contribution is -2.17. The summed E-state index contributed by atoms with van der Waals surface area (Å²) in [4.78, 5) is 13.8. The maximum atomic E-state index is 11.2. The molecule has 0 atom stereocenters. The number of halogens is 1. The Morgan fingerprint density at radius 2 is 1.92 bits per heavy atom. The summed E-state index contributed by atoms with van der Waals surface area (Å²) >= 11 is 3.13. The normalized spacial score (nSPS) is 10.8. The monoisotopic (exact) mass is 431 g/mol. The SMILES string of the molecule is CN(C)CCCOc1ncc(Br)nc1NS(C)(=O)=O.c1ccncc1. The number of ether oxygens (including phenoxy) is 1. The van der Waals surface area contributed by atoms with Crippen LogP contribution in [0.15, 0.2) is 41.4 Å². The fourth-order valence-electron chi connectivity index (χ4n) is 1.57. The smallest absolute Gasteiger partial charge is 0.258 e. The Hall–Kier alpha value is -1.78. The standard InChI is InChI=1S/C10H17BrN4O3S.C5H5N/c1-15(2)5-4-6-18-10-9(14-19(3,16)17)13-8(11)7-12-10;1-2-4-6-5-3-1/h7H,4-6H2,1-3H3,(H,13,14);1-5H. The summed E-state index contributed by atoms with van der Waals surface area (Å²) in [6, 6.07) is 5.72. The minimum atomic E-state index is -3.42. The molecule has 0 fully saturated rings. The van der Waals surface area contributed by atoms with Gasteiger partial charge in [-0.1, -0.05) is 6.07 Å². The van der Waals surface area contributed by atoms with E-state index in [4.69, 9.17) is 4.74 Å². The van der Waals surface area contributed by atoms with E-state index in [1.54, 1.807) is 12.4 Å². The second-order valence-corrected chi connectivity index (χ2v) is 7.81. The predicted molar refractivity (Wildman–Crippen MR) is 101 cm³/mol. The molecule has 2 heterocycles. The van der Waals surface area contributed by atoms with E-state index in [1.807, 2.05) is 37.2 Å². The highest BCUT2D eigenvalue weighted by atomic mass is 79.9. The van der Waals surface area contributed by atoms with Gasteiger partial charge in [0.2, 0.25) is 15.8 Å². The number of sulfonamides is 1. The molecule has 1 N–H and O–H groups in total. The fraction of sp³-hybridized carbons (Fsp3) is 0.400. The lowest BCUT2D eigenvalue weighted by atomic mass is 10.4. The van der Waals surface area contributed by atoms with Gasteiger partial charge in [-0.25, -0.2) is 18.4 Å². The number of pyridine rings is 1. The van der Waals surface area contributed by atoms with Crippen LogP contribution in [0.4, 0.5) is 5.82 Å². The molecule has 0 radical (unpaired) electrons. The molecule has 0 unspecified atom stereocenters. The first-order chi connectivity index (χ1) is 11.8. The van der Waals surface area contributed by atoms with Gasteiger partial charge in [0.25, 0.3) is 5.88 Å². The number of nitrogens with one attached hydrogen (secondary N) is 1. The van der Waals surface area contributed by atoms with Crippen molar-refractivity contribution < 1.29 is 13.2 Å². The van der Waals surface area contributed by atoms with E-state index < -0.39 is 10.0 Å². The second kappa shape index (κ2) is 11.0. The van der Waals surface area contributed by atoms with E-state index in [-0.39, 0.29) is 11.7 Å². The molecule has 2 aromatic heterocycles. The summed E-state index contributed by atoms with van der Waals surface area (Å²) < 4.78 is 30.6. The first-order valence-corrected chi connectivity index (χ1v) is 10.1. The highest BCUT2D eigenvalue weighted by molar-refractivity contribution is 9.10. The van der Waals surface area contributed by atoms with Crippen molar-refractivity contribution in [2.24, 2.45) is 0 Å². The molecular formula is C15H22BrN5O3S. The highest BCUT2D eigenvalue weighted by Crippen LogP contribution is 2.22. The van der Waals surface area contributed by atoms with Gasteiger partial charge in [0.1, 0.15) is 4.60 Å². The Balaban J connectivity index is 0.000000435. The van der Waals surface area contributed by atoms with Crippen molar-refractivity contribution in [2.45, 2.75) is 6.42 Å². The molecule has 2 rings (SSSR count). The van der Waals surface area contributed by atoms with Crippen molar-refractivity contribution in [3.63, 3.8) is 0 Å². The van der Waals surface area contributed by atoms with E-state index in [0.29, 0.717) is 11.2 Å². The number of rotatable bonds is 7. The average Bonchev–Trinajstić information content (AvgIpc) is 2.54. The van der Waals surface area contributed by atoms with Gasteiger partial charge < -0.3 is 9.64 Å². The minimum Gasteiger partial charge on any atom is -0.475 e. The lowest BCUT2D eigenvalue weighted by Gasteiger charge is -2.12. The van der Waals surface area contributed by atoms with Crippen molar-refractivity contribution in [2.75, 3.05) is 38.2 Å². The van der Waals surface area contributed by atoms with Gasteiger partial charge in [0.05, 0.1) is 19.1 Å². The maximum Gasteiger partial charge on any atom is 0.258 e. The molecule has 0 aromatic carbocycles. The zero-order valence-corrected chi connectivity index (χ0v) is 16.8. The topological polar surface area (TPSA) is 97.3 Å². The van der Waals surface area contributed by atoms with Crippen LogP contribution in [0.2, 0.25) is 0 Å². The molecule has 10 heteroatoms. The molecular weight excluding hydrogens is 410 g/mol. The van der Waals surface area contributed by atoms with Gasteiger partial charge in [0, 0.05) is 18.9 Å². The van der Waals surface area contributed by atoms with Crippen LogP contribution < -0.4 is 9.46 Å². The number of aromatic nitrogens is 3. The Morgan fingerprint density at radius 3 is 2.40 bits per heavy atom. The Kier molecular flexibility index (Phi) is 9.32. The van der Waals surface area contributed by atoms with E-state index >= 15 is 0 Å². The summed E-state index contributed by atoms with van der Waals surface area (Å²) in [5.41, 5.74) is 0. The zero-order valence-electron chi connectivity index (χ0n) is 14.4. The van der Waals surface area contributed by atoms with E-state index in [0.717, 1.165) is 19.2 Å². The van der Waals surface area contributed by atoms with Crippen LogP contribution in [0.25, 0.3) is 0 Å². The molecule has 25 heavy (non-hydrogen) atoms. The molecule has 0 saturated carbocycles. The molecule has 0 aliphatic heterocycles. The number of hydrogen-bond donors (Lipinski definition) is 1. The summed E-state index contributed by atoms with van der Waals surface area (Å²) in [6.45, 7) is 1.31. The van der Waals surface area contributed by atoms with E-state index in [9.17, 15) is 8.42 Å². The van der Waals surface area contributed by atoms with Crippen LogP contribution in [0.3, 0.4) is 0 Å². The quantitative estimate of drug-likeness (QED) is 0.669. The van der Waals surface area contributed by atoms with Crippen LogP contribution >= 0.6 is 15.9 Å². The van der Waals surface area contributed by atoms with Gasteiger partial charge >= 0.3 is 0 Å². The van der Waals surface area contributed by atoms with Crippen LogP contribution in [0.1, 0.15) is 6.42 Å². The third-order valence-electron chi connectivity index (χ3n) is 2.55. The van der Waals surface area contributed by atoms with Crippen LogP contribution in [0.5, 0.6) is 5.88 Å². The maximum absolute atomic E-state index is 11.2. The number of hydrogen-bond acceptors (Lipinski definition) is 7. The van der Waals surface area contributed by atoms with Gasteiger partial charge in [-0.2, -0.15) is 0 Å². The van der Waals surface area contributed by atoms with Gasteiger partial charge in [-0.15, -0.1) is 0 Å². The molecule has 0 bridgehead atoms. The first-order valence-electron chi connectivity index (χ1n) is 7.41. The van der Waals surface area contributed by atoms with Crippen molar-refractivity contribution in [3.05, 3.63) is 41.4 Å². The molecule has 0 spiro atoms. The van der Waals surface area contributed by atoms with Crippen molar-refractivity contribution in [3.8, 4) is 5.88 Å². The molecule has 0 amide bonds. The summed E-state index contributed by atoms with van der Waals surface area (Å²) in [7, 11) is 0.515. The molecule has 0 aliphatic carbocycles. The summed E-state index contributed by atoms with van der Waals surface area (Å²) in [5, 5.41) is 0. The molecule has 2 aromatic rings. The fourth-order valence-corrected chi connectivity index (χ4v) is 2.33. The third-order valence-corrected chi connectivity index (χ3v) is 3.49. The van der Waals surface area contributed by atoms with E-state index in [1.165, 1.54) is 6.20 Å². The summed E-state index contributed by atoms with van der Waals surface area (Å²) in [5.74, 6) is 0.258. The van der Waals surface area contributed by atoms with Crippen molar-refractivity contribution in [1.29, 1.82) is 0 Å². The molecule has 138 valence electrons. The van der Waals surface area contributed by atoms with Gasteiger partial charge in [-0.05, 0) is 48.6 Å². The number of anilines is 1. The third kappa shape index (κ3) is 10.6. The average molecular weight is 432 g/mol. The summed E-state index contributed by atoms with van der Waals surface area (Å²) in [6.07, 6.45) is 6.81. The lowest BCUT2D eigenvalue weighted by molar-refractivity contribution is 0.273. The molecule has 0 aliphatic rings. The first kappa shape index (κ1) is 21.3. The van der Waals surface area contributed by atoms with Crippen LogP contribution in [0, 0.1) is 0 Å². The predicted octanol–water partition coefficient (Wildman–Crippen LogP) is 2.02. The van der Waals surface area contributed by atoms with Crippen molar-refractivity contribution in [1.82, 2.24) is 19.9 Å². The highest BCUT2D eigenvalue weighted by Gasteiger charge is 2.12. The Bertz CT molecular complexity index is 702. The minimum absolute atomic E-state index is 0.0849. The molecule has 0 saturated heterocycles. The Labute approximate surface area is 156 Å². The molecule has 8 nitrogen and oxygen atoms in total. The van der Waals surface area contributed by atoms with Crippen LogP contribution in [-0.2, 0) is 10.0 Å². The number of nitrogens with zero attached hydrogens (tertiary/aromatic N) is 4. The van der Waals surface area contributed by atoms with Gasteiger partial charge in [0.15, 0.2) is 0 Å². The zero-order chi connectivity index (χ0) is 18.7. The largest absolute Gasteiger partial charge is 0.475 e. The van der Waals surface area contributed by atoms with Gasteiger partial charge in [-0.3, -0.25) is 9.71 Å². The van der Waals surface area contributed by atoms with E-state index in [2.05, 4.69) is 35.6 Å².